The van der Waals surface area contributed by atoms with Crippen molar-refractivity contribution < 1.29 is 13.2 Å². The first kappa shape index (κ1) is 15.9. The number of hydrogen-bond donors (Lipinski definition) is 0. The van der Waals surface area contributed by atoms with Crippen LogP contribution >= 0.6 is 15.9 Å². The third-order valence-electron chi connectivity index (χ3n) is 3.34. The molecule has 1 saturated heterocycles. The van der Waals surface area contributed by atoms with Crippen LogP contribution in [0.25, 0.3) is 0 Å². The van der Waals surface area contributed by atoms with Crippen LogP contribution in [0.4, 0.5) is 0 Å². The van der Waals surface area contributed by atoms with Crippen molar-refractivity contribution in [3.63, 3.8) is 0 Å². The average Bonchev–Trinajstić information content (AvgIpc) is 2.36. The van der Waals surface area contributed by atoms with Crippen LogP contribution in [-0.4, -0.2) is 50.9 Å². The molecule has 1 heterocycles. The maximum Gasteiger partial charge on any atom is 0.179 e. The lowest BCUT2D eigenvalue weighted by molar-refractivity contribution is -0.0662. The zero-order chi connectivity index (χ0) is 14.8. The molecule has 0 spiro atoms. The van der Waals surface area contributed by atoms with Crippen molar-refractivity contribution in [1.29, 1.82) is 0 Å². The van der Waals surface area contributed by atoms with Gasteiger partial charge in [0.05, 0.1) is 22.9 Å². The number of morpholine rings is 1. The van der Waals surface area contributed by atoms with Crippen molar-refractivity contribution in [2.75, 3.05) is 25.4 Å². The minimum absolute atomic E-state index is 0.147. The number of rotatable bonds is 4. The van der Waals surface area contributed by atoms with E-state index in [0.717, 1.165) is 17.6 Å². The van der Waals surface area contributed by atoms with E-state index < -0.39 is 9.84 Å². The second kappa shape index (κ2) is 6.56. The summed E-state index contributed by atoms with van der Waals surface area (Å²) in [7, 11) is -3.21. The highest BCUT2D eigenvalue weighted by Crippen LogP contribution is 2.17. The van der Waals surface area contributed by atoms with Gasteiger partial charge >= 0.3 is 0 Å². The fraction of sp³-hybridized carbons (Fsp3) is 0.571. The molecular weight excluding hydrogens is 342 g/mol. The van der Waals surface area contributed by atoms with Gasteiger partial charge in [-0.25, -0.2) is 8.42 Å². The number of benzene rings is 1. The fourth-order valence-corrected chi connectivity index (χ4v) is 4.03. The average molecular weight is 362 g/mol. The number of halogens is 1. The smallest absolute Gasteiger partial charge is 0.179 e. The van der Waals surface area contributed by atoms with Crippen LogP contribution in [0.15, 0.2) is 33.6 Å². The molecule has 112 valence electrons. The van der Waals surface area contributed by atoms with Gasteiger partial charge in [-0.1, -0.05) is 15.9 Å². The van der Waals surface area contributed by atoms with Crippen molar-refractivity contribution >= 4 is 25.8 Å². The molecule has 2 rings (SSSR count). The van der Waals surface area contributed by atoms with E-state index in [4.69, 9.17) is 4.74 Å². The fourth-order valence-electron chi connectivity index (χ4n) is 2.48. The molecule has 1 aliphatic rings. The van der Waals surface area contributed by atoms with Gasteiger partial charge in [0.1, 0.15) is 0 Å². The lowest BCUT2D eigenvalue weighted by Gasteiger charge is -2.35. The van der Waals surface area contributed by atoms with Gasteiger partial charge in [-0.3, -0.25) is 4.90 Å². The van der Waals surface area contributed by atoms with Crippen LogP contribution in [0.3, 0.4) is 0 Å². The monoisotopic (exact) mass is 361 g/mol. The van der Waals surface area contributed by atoms with E-state index in [0.29, 0.717) is 11.4 Å². The Morgan fingerprint density at radius 1 is 1.20 bits per heavy atom. The first-order valence-corrected chi connectivity index (χ1v) is 9.17. The molecule has 0 radical (unpaired) electrons. The van der Waals surface area contributed by atoms with Crippen molar-refractivity contribution in [3.05, 3.63) is 28.7 Å². The van der Waals surface area contributed by atoms with Gasteiger partial charge in [0.2, 0.25) is 0 Å². The zero-order valence-corrected chi connectivity index (χ0v) is 14.2. The van der Waals surface area contributed by atoms with E-state index in [1.54, 1.807) is 24.3 Å². The van der Waals surface area contributed by atoms with Crippen LogP contribution < -0.4 is 0 Å². The molecule has 1 aromatic rings. The molecule has 1 fully saturated rings. The van der Waals surface area contributed by atoms with Gasteiger partial charge in [0, 0.05) is 24.1 Å². The molecule has 20 heavy (non-hydrogen) atoms. The predicted octanol–water partition coefficient (Wildman–Crippen LogP) is 2.33. The Labute approximate surface area is 129 Å². The van der Waals surface area contributed by atoms with E-state index >= 15 is 0 Å². The van der Waals surface area contributed by atoms with Gasteiger partial charge in [-0.15, -0.1) is 0 Å². The molecule has 0 bridgehead atoms. The quantitative estimate of drug-likeness (QED) is 0.825. The summed E-state index contributed by atoms with van der Waals surface area (Å²) >= 11 is 3.31. The molecule has 2 atom stereocenters. The Kier molecular flexibility index (Phi) is 5.23. The topological polar surface area (TPSA) is 46.6 Å². The lowest BCUT2D eigenvalue weighted by atomic mass is 10.2. The zero-order valence-electron chi connectivity index (χ0n) is 11.8. The first-order chi connectivity index (χ1) is 9.37. The lowest BCUT2D eigenvalue weighted by Crippen LogP contribution is -2.46. The molecule has 1 aromatic carbocycles. The molecule has 6 heteroatoms. The molecule has 0 aromatic heterocycles. The summed E-state index contributed by atoms with van der Waals surface area (Å²) in [6.45, 7) is 6.18. The van der Waals surface area contributed by atoms with Crippen molar-refractivity contribution in [1.82, 2.24) is 4.90 Å². The standard InChI is InChI=1S/C14H20BrNO3S/c1-11-9-16(10-12(2)19-11)7-8-20(17,18)14-5-3-13(15)4-6-14/h3-6,11-12H,7-10H2,1-2H3. The Hall–Kier alpha value is -0.430. The molecule has 2 unspecified atom stereocenters. The minimum Gasteiger partial charge on any atom is -0.373 e. The summed E-state index contributed by atoms with van der Waals surface area (Å²) < 4.78 is 31.1. The van der Waals surface area contributed by atoms with Gasteiger partial charge in [0.15, 0.2) is 9.84 Å². The maximum atomic E-state index is 12.3. The maximum absolute atomic E-state index is 12.3. The van der Waals surface area contributed by atoms with Crippen molar-refractivity contribution in [2.45, 2.75) is 31.0 Å². The summed E-state index contributed by atoms with van der Waals surface area (Å²) in [6, 6.07) is 6.80. The number of nitrogens with zero attached hydrogens (tertiary/aromatic N) is 1. The summed E-state index contributed by atoms with van der Waals surface area (Å²) in [6.07, 6.45) is 0.322. The van der Waals surface area contributed by atoms with Gasteiger partial charge in [0.25, 0.3) is 0 Å². The second-order valence-electron chi connectivity index (χ2n) is 5.29. The Bertz CT molecular complexity index is 534. The van der Waals surface area contributed by atoms with Crippen LogP contribution in [0, 0.1) is 0 Å². The summed E-state index contributed by atoms with van der Waals surface area (Å²) in [5.41, 5.74) is 0. The highest BCUT2D eigenvalue weighted by molar-refractivity contribution is 9.10. The highest BCUT2D eigenvalue weighted by Gasteiger charge is 2.24. The van der Waals surface area contributed by atoms with E-state index in [-0.39, 0.29) is 18.0 Å². The molecule has 0 aliphatic carbocycles. The summed E-state index contributed by atoms with van der Waals surface area (Å²) in [5.74, 6) is 0.147. The third kappa shape index (κ3) is 4.28. The Balaban J connectivity index is 1.97. The van der Waals surface area contributed by atoms with Gasteiger partial charge in [-0.05, 0) is 38.1 Å². The third-order valence-corrected chi connectivity index (χ3v) is 5.58. The number of hydrogen-bond acceptors (Lipinski definition) is 4. The highest BCUT2D eigenvalue weighted by atomic mass is 79.9. The molecule has 0 saturated carbocycles. The Morgan fingerprint density at radius 2 is 1.75 bits per heavy atom. The van der Waals surface area contributed by atoms with Gasteiger partial charge < -0.3 is 4.74 Å². The van der Waals surface area contributed by atoms with Crippen LogP contribution in [0.2, 0.25) is 0 Å². The van der Waals surface area contributed by atoms with Gasteiger partial charge in [-0.2, -0.15) is 0 Å². The number of ether oxygens (including phenoxy) is 1. The molecule has 1 aliphatic heterocycles. The molecule has 0 amide bonds. The number of sulfone groups is 1. The Morgan fingerprint density at radius 3 is 2.30 bits per heavy atom. The van der Waals surface area contributed by atoms with Crippen LogP contribution in [0.5, 0.6) is 0 Å². The normalized spacial score (nSPS) is 24.8. The van der Waals surface area contributed by atoms with Crippen LogP contribution in [-0.2, 0) is 14.6 Å². The van der Waals surface area contributed by atoms with E-state index in [9.17, 15) is 8.42 Å². The molecule has 4 nitrogen and oxygen atoms in total. The van der Waals surface area contributed by atoms with Crippen LogP contribution in [0.1, 0.15) is 13.8 Å². The minimum atomic E-state index is -3.21. The predicted molar refractivity (Wildman–Crippen MR) is 82.6 cm³/mol. The first-order valence-electron chi connectivity index (χ1n) is 6.73. The van der Waals surface area contributed by atoms with Crippen molar-refractivity contribution in [2.24, 2.45) is 0 Å². The largest absolute Gasteiger partial charge is 0.373 e. The summed E-state index contributed by atoms with van der Waals surface area (Å²) in [5, 5.41) is 0. The van der Waals surface area contributed by atoms with E-state index in [1.165, 1.54) is 0 Å². The second-order valence-corrected chi connectivity index (χ2v) is 8.31. The van der Waals surface area contributed by atoms with E-state index in [1.807, 2.05) is 13.8 Å². The molecule has 0 N–H and O–H groups in total. The van der Waals surface area contributed by atoms with Crippen molar-refractivity contribution in [3.8, 4) is 0 Å². The molecular formula is C14H20BrNO3S. The summed E-state index contributed by atoms with van der Waals surface area (Å²) in [4.78, 5) is 2.55. The van der Waals surface area contributed by atoms with E-state index in [2.05, 4.69) is 20.8 Å². The SMILES string of the molecule is CC1CN(CCS(=O)(=O)c2ccc(Br)cc2)CC(C)O1.